The minimum Gasteiger partial charge on any atom is -0.481 e. The predicted octanol–water partition coefficient (Wildman–Crippen LogP) is 2.84. The fraction of sp³-hybridized carbons (Fsp3) is 0.400. The molecule has 1 saturated heterocycles. The second kappa shape index (κ2) is 13.1. The number of anilines is 1. The number of likely N-dealkylation sites (tertiary alicyclic amines) is 1. The first-order chi connectivity index (χ1) is 19.2. The highest BCUT2D eigenvalue weighted by Gasteiger charge is 2.40. The van der Waals surface area contributed by atoms with E-state index in [1.807, 2.05) is 20.2 Å². The summed E-state index contributed by atoms with van der Waals surface area (Å²) in [5, 5.41) is 46.1. The van der Waals surface area contributed by atoms with Gasteiger partial charge in [-0.05, 0) is 37.5 Å². The Hall–Kier alpha value is -4.06. The Bertz CT molecular complexity index is 1370. The number of hydrogen-bond acceptors (Lipinski definition) is 8. The number of carboxylic acids is 3. The molecule has 11 heteroatoms. The van der Waals surface area contributed by atoms with Gasteiger partial charge in [0.1, 0.15) is 5.82 Å². The normalized spacial score (nSPS) is 15.0. The molecule has 0 spiro atoms. The van der Waals surface area contributed by atoms with Crippen LogP contribution in [0.15, 0.2) is 54.6 Å². The predicted molar refractivity (Wildman–Crippen MR) is 153 cm³/mol. The van der Waals surface area contributed by atoms with Crippen molar-refractivity contribution in [1.82, 2.24) is 9.88 Å². The summed E-state index contributed by atoms with van der Waals surface area (Å²) in [6.45, 7) is 4.69. The second-order valence-electron chi connectivity index (χ2n) is 10.7. The van der Waals surface area contributed by atoms with Crippen molar-refractivity contribution in [2.24, 2.45) is 0 Å². The molecule has 2 heterocycles. The molecule has 5 N–H and O–H groups in total. The third kappa shape index (κ3) is 8.23. The van der Waals surface area contributed by atoms with Crippen molar-refractivity contribution in [2.45, 2.75) is 50.4 Å². The maximum Gasteiger partial charge on any atom is 0.336 e. The van der Waals surface area contributed by atoms with Gasteiger partial charge in [-0.3, -0.25) is 14.5 Å². The number of carboxylic acid groups (broad SMARTS) is 3. The summed E-state index contributed by atoms with van der Waals surface area (Å²) >= 11 is 0. The smallest absolute Gasteiger partial charge is 0.336 e. The van der Waals surface area contributed by atoms with Crippen molar-refractivity contribution in [3.63, 3.8) is 0 Å². The number of aryl methyl sites for hydroxylation is 1. The van der Waals surface area contributed by atoms with E-state index in [0.29, 0.717) is 0 Å². The van der Waals surface area contributed by atoms with Crippen LogP contribution in [0.1, 0.15) is 42.4 Å². The lowest BCUT2D eigenvalue weighted by molar-refractivity contribution is -0.170. The van der Waals surface area contributed by atoms with Crippen LogP contribution in [0.4, 0.5) is 5.82 Å². The zero-order valence-corrected chi connectivity index (χ0v) is 23.4. The molecule has 11 nitrogen and oxygen atoms in total. The molecular formula is C30H37N3O8. The Morgan fingerprint density at radius 2 is 1.51 bits per heavy atom. The molecule has 2 aromatic carbocycles. The quantitative estimate of drug-likeness (QED) is 0.257. The zero-order chi connectivity index (χ0) is 30.4. The molecule has 1 aliphatic rings. The van der Waals surface area contributed by atoms with Crippen LogP contribution in [0.25, 0.3) is 10.9 Å². The first kappa shape index (κ1) is 31.5. The van der Waals surface area contributed by atoms with E-state index >= 15 is 0 Å². The molecule has 0 amide bonds. The molecule has 1 aromatic heterocycles. The number of hydrogen-bond donors (Lipinski definition) is 5. The van der Waals surface area contributed by atoms with Gasteiger partial charge in [0.25, 0.3) is 0 Å². The third-order valence-electron chi connectivity index (χ3n) is 7.16. The summed E-state index contributed by atoms with van der Waals surface area (Å²) in [4.78, 5) is 39.9. The zero-order valence-electron chi connectivity index (χ0n) is 23.4. The van der Waals surface area contributed by atoms with Crippen LogP contribution in [0, 0.1) is 6.92 Å². The van der Waals surface area contributed by atoms with E-state index in [1.165, 1.54) is 16.5 Å². The Morgan fingerprint density at radius 3 is 2.02 bits per heavy atom. The van der Waals surface area contributed by atoms with Crippen LogP contribution in [-0.2, 0) is 26.5 Å². The monoisotopic (exact) mass is 567 g/mol. The molecule has 1 aliphatic heterocycles. The summed E-state index contributed by atoms with van der Waals surface area (Å²) in [6, 6.07) is 18.9. The topological polar surface area (TPSA) is 172 Å². The van der Waals surface area contributed by atoms with Crippen LogP contribution in [-0.4, -0.2) is 86.1 Å². The summed E-state index contributed by atoms with van der Waals surface area (Å²) in [5.41, 5.74) is 1.09. The number of pyridine rings is 1. The summed E-state index contributed by atoms with van der Waals surface area (Å²) < 4.78 is 0. The highest BCUT2D eigenvalue weighted by atomic mass is 16.4. The average Bonchev–Trinajstić information content (AvgIpc) is 2.89. The number of carbonyl (C=O) groups is 3. The summed E-state index contributed by atoms with van der Waals surface area (Å²) in [5.74, 6) is -3.99. The number of para-hydroxylation sites is 1. The molecule has 4 rings (SSSR count). The molecule has 0 saturated carbocycles. The Kier molecular flexibility index (Phi) is 10.0. The highest BCUT2D eigenvalue weighted by molar-refractivity contribution is 5.88. The van der Waals surface area contributed by atoms with Gasteiger partial charge in [-0.25, -0.2) is 9.78 Å². The maximum absolute atomic E-state index is 11.2. The lowest BCUT2D eigenvalue weighted by atomic mass is 9.84. The van der Waals surface area contributed by atoms with Gasteiger partial charge in [0.05, 0.1) is 24.0 Å². The fourth-order valence-electron chi connectivity index (χ4n) is 4.84. The molecular weight excluding hydrogens is 530 g/mol. The SMILES string of the molecule is Cc1ccc(C2(O)CCN(Cc3cc4ccccc4nc3N(C)C)CC2)cc1.O=C(O)CC(O)(CC(=O)O)C(=O)O. The lowest BCUT2D eigenvalue weighted by Crippen LogP contribution is -2.42. The molecule has 0 unspecified atom stereocenters. The van der Waals surface area contributed by atoms with Crippen molar-refractivity contribution in [2.75, 3.05) is 32.1 Å². The first-order valence-corrected chi connectivity index (χ1v) is 13.2. The van der Waals surface area contributed by atoms with Crippen molar-refractivity contribution >= 4 is 34.6 Å². The van der Waals surface area contributed by atoms with E-state index in [0.717, 1.165) is 49.4 Å². The van der Waals surface area contributed by atoms with E-state index in [-0.39, 0.29) is 0 Å². The van der Waals surface area contributed by atoms with Crippen molar-refractivity contribution < 1.29 is 39.9 Å². The van der Waals surface area contributed by atoms with Gasteiger partial charge >= 0.3 is 17.9 Å². The van der Waals surface area contributed by atoms with Gasteiger partial charge in [0, 0.05) is 44.7 Å². The molecule has 0 atom stereocenters. The number of nitrogens with zero attached hydrogens (tertiary/aromatic N) is 3. The second-order valence-corrected chi connectivity index (χ2v) is 10.7. The largest absolute Gasteiger partial charge is 0.481 e. The van der Waals surface area contributed by atoms with Gasteiger partial charge in [-0.2, -0.15) is 0 Å². The van der Waals surface area contributed by atoms with E-state index in [4.69, 9.17) is 25.4 Å². The van der Waals surface area contributed by atoms with Crippen LogP contribution in [0.3, 0.4) is 0 Å². The van der Waals surface area contributed by atoms with E-state index < -0.39 is 42.0 Å². The first-order valence-electron chi connectivity index (χ1n) is 13.2. The number of aliphatic hydroxyl groups is 2. The van der Waals surface area contributed by atoms with Crippen LogP contribution in [0.5, 0.6) is 0 Å². The van der Waals surface area contributed by atoms with Gasteiger partial charge in [0.15, 0.2) is 5.60 Å². The van der Waals surface area contributed by atoms with Gasteiger partial charge in [-0.1, -0.05) is 48.0 Å². The number of piperidine rings is 1. The summed E-state index contributed by atoms with van der Waals surface area (Å²) in [6.07, 6.45) is -0.772. The highest BCUT2D eigenvalue weighted by Crippen LogP contribution is 2.34. The van der Waals surface area contributed by atoms with Gasteiger partial charge in [0.2, 0.25) is 0 Å². The Labute approximate surface area is 238 Å². The van der Waals surface area contributed by atoms with Crippen LogP contribution in [0.2, 0.25) is 0 Å². The Morgan fingerprint density at radius 1 is 0.951 bits per heavy atom. The molecule has 1 fully saturated rings. The molecule has 0 radical (unpaired) electrons. The standard InChI is InChI=1S/C24H29N3O.C6H8O7/c1-18-8-10-21(11-9-18)24(28)12-14-27(15-13-24)17-20-16-19-6-4-5-7-22(19)25-23(20)26(2)3;7-3(8)1-6(13,5(11)12)2-4(9)10/h4-11,16,28H,12-15,17H2,1-3H3;13H,1-2H2,(H,7,8)(H,9,10)(H,11,12). The van der Waals surface area contributed by atoms with Crippen molar-refractivity contribution in [3.8, 4) is 0 Å². The summed E-state index contributed by atoms with van der Waals surface area (Å²) in [7, 11) is 4.10. The molecule has 3 aromatic rings. The van der Waals surface area contributed by atoms with Crippen LogP contribution < -0.4 is 4.90 Å². The number of aromatic nitrogens is 1. The molecule has 0 aliphatic carbocycles. The molecule has 41 heavy (non-hydrogen) atoms. The van der Waals surface area contributed by atoms with Crippen molar-refractivity contribution in [3.05, 3.63) is 71.3 Å². The average molecular weight is 568 g/mol. The third-order valence-corrected chi connectivity index (χ3v) is 7.16. The molecule has 0 bridgehead atoms. The number of benzene rings is 2. The fourth-order valence-corrected chi connectivity index (χ4v) is 4.84. The van der Waals surface area contributed by atoms with Crippen molar-refractivity contribution in [1.29, 1.82) is 0 Å². The minimum atomic E-state index is -2.74. The van der Waals surface area contributed by atoms with E-state index in [2.05, 4.69) is 65.3 Å². The maximum atomic E-state index is 11.2. The molecule has 220 valence electrons. The lowest BCUT2D eigenvalue weighted by Gasteiger charge is -2.39. The number of fused-ring (bicyclic) bond motifs is 1. The van der Waals surface area contributed by atoms with Gasteiger partial charge in [-0.15, -0.1) is 0 Å². The van der Waals surface area contributed by atoms with E-state index in [9.17, 15) is 19.5 Å². The Balaban J connectivity index is 0.000000302. The minimum absolute atomic E-state index is 0.712. The number of rotatable bonds is 9. The van der Waals surface area contributed by atoms with E-state index in [1.54, 1.807) is 0 Å². The van der Waals surface area contributed by atoms with Crippen LogP contribution >= 0.6 is 0 Å². The number of aliphatic carboxylic acids is 3. The van der Waals surface area contributed by atoms with Gasteiger partial charge < -0.3 is 30.4 Å².